The predicted octanol–water partition coefficient (Wildman–Crippen LogP) is 3.85. The van der Waals surface area contributed by atoms with Gasteiger partial charge in [0.25, 0.3) is 5.69 Å². The van der Waals surface area contributed by atoms with Gasteiger partial charge in [-0.1, -0.05) is 12.1 Å². The molecule has 1 aliphatic carbocycles. The quantitative estimate of drug-likeness (QED) is 0.184. The van der Waals surface area contributed by atoms with Crippen molar-refractivity contribution in [1.82, 2.24) is 5.32 Å². The molecule has 1 saturated heterocycles. The monoisotopic (exact) mass is 574 g/mol. The summed E-state index contributed by atoms with van der Waals surface area (Å²) in [5.74, 6) is -1.39. The number of carbonyl (C=O) groups is 2. The second-order valence-corrected chi connectivity index (χ2v) is 10.1. The van der Waals surface area contributed by atoms with Crippen molar-refractivity contribution in [2.45, 2.75) is 12.0 Å². The van der Waals surface area contributed by atoms with Gasteiger partial charge in [-0.2, -0.15) is 0 Å². The Morgan fingerprint density at radius 1 is 1.05 bits per heavy atom. The molecule has 3 aromatic rings. The molecule has 1 fully saturated rings. The molecule has 0 bridgehead atoms. The summed E-state index contributed by atoms with van der Waals surface area (Å²) < 4.78 is 27.6. The molecule has 0 spiro atoms. The van der Waals surface area contributed by atoms with Crippen molar-refractivity contribution >= 4 is 23.6 Å². The zero-order chi connectivity index (χ0) is 29.5. The Morgan fingerprint density at radius 3 is 2.40 bits per heavy atom. The van der Waals surface area contributed by atoms with Crippen LogP contribution in [-0.4, -0.2) is 49.5 Å². The van der Waals surface area contributed by atoms with E-state index in [2.05, 4.69) is 5.32 Å². The molecule has 6 rings (SSSR count). The minimum Gasteiger partial charge on any atom is -0.502 e. The van der Waals surface area contributed by atoms with Crippen molar-refractivity contribution in [3.05, 3.63) is 87.0 Å². The van der Waals surface area contributed by atoms with Gasteiger partial charge >= 0.3 is 5.97 Å². The van der Waals surface area contributed by atoms with Gasteiger partial charge in [0.05, 0.1) is 37.7 Å². The number of rotatable bonds is 7. The molecular weight excluding hydrogens is 548 g/mol. The lowest BCUT2D eigenvalue weighted by Gasteiger charge is -2.39. The lowest BCUT2D eigenvalue weighted by Crippen LogP contribution is -2.42. The average Bonchev–Trinajstić information content (AvgIpc) is 3.61. The second kappa shape index (κ2) is 10.6. The van der Waals surface area contributed by atoms with Crippen molar-refractivity contribution in [3.8, 4) is 28.7 Å². The first kappa shape index (κ1) is 26.9. The van der Waals surface area contributed by atoms with Crippen molar-refractivity contribution in [2.24, 2.45) is 11.8 Å². The molecule has 0 aromatic heterocycles. The lowest BCUT2D eigenvalue weighted by atomic mass is 9.65. The number of ether oxygens (including phenoxy) is 5. The zero-order valence-corrected chi connectivity index (χ0v) is 22.6. The third kappa shape index (κ3) is 4.60. The first-order valence-corrected chi connectivity index (χ1v) is 13.1. The number of benzene rings is 3. The highest BCUT2D eigenvalue weighted by Crippen LogP contribution is 2.55. The molecule has 12 nitrogen and oxygen atoms in total. The number of hydrogen-bond acceptors (Lipinski definition) is 10. The fourth-order valence-corrected chi connectivity index (χ4v) is 5.96. The number of esters is 1. The van der Waals surface area contributed by atoms with Crippen LogP contribution in [0.3, 0.4) is 0 Å². The van der Waals surface area contributed by atoms with Gasteiger partial charge in [-0.15, -0.1) is 0 Å². The van der Waals surface area contributed by atoms with Crippen molar-refractivity contribution in [3.63, 3.8) is 0 Å². The van der Waals surface area contributed by atoms with Crippen LogP contribution >= 0.6 is 0 Å². The average molecular weight is 575 g/mol. The van der Waals surface area contributed by atoms with E-state index in [4.69, 9.17) is 23.7 Å². The maximum absolute atomic E-state index is 13.3. The number of cyclic esters (lactones) is 1. The summed E-state index contributed by atoms with van der Waals surface area (Å²) in [5, 5.41) is 24.7. The van der Waals surface area contributed by atoms with Crippen molar-refractivity contribution in [1.29, 1.82) is 0 Å². The number of nitro groups is 1. The maximum atomic E-state index is 13.3. The summed E-state index contributed by atoms with van der Waals surface area (Å²) in [4.78, 5) is 37.1. The van der Waals surface area contributed by atoms with E-state index in [1.807, 2.05) is 0 Å². The molecule has 0 unspecified atom stereocenters. The van der Waals surface area contributed by atoms with Gasteiger partial charge in [-0.05, 0) is 52.6 Å². The molecule has 216 valence electrons. The standard InChI is InChI=1S/C30H26N2O10/c1-38-23-9-16(10-24(39-2)29(23)34)26-18-11-21-22(42-14-41-21)12-19(18)28(20-13-40-30(35)27(20)26)31-25(33)7-6-15-4-3-5-17(8-15)32(36)37/h3-12,20,26-28,34H,13-14H2,1-2H3,(H,31,33)/b7-6+/t20-,26+,27-,28+/m0/s1. The molecule has 2 N–H and O–H groups in total. The van der Waals surface area contributed by atoms with Gasteiger partial charge < -0.3 is 34.1 Å². The molecular formula is C30H26N2O10. The van der Waals surface area contributed by atoms with E-state index in [1.165, 1.54) is 44.6 Å². The van der Waals surface area contributed by atoms with Crippen LogP contribution in [0.4, 0.5) is 5.69 Å². The fraction of sp³-hybridized carbons (Fsp3) is 0.267. The van der Waals surface area contributed by atoms with E-state index in [0.29, 0.717) is 33.8 Å². The summed E-state index contributed by atoms with van der Waals surface area (Å²) in [6, 6.07) is 12.2. The van der Waals surface area contributed by atoms with Crippen LogP contribution in [0.5, 0.6) is 28.7 Å². The summed E-state index contributed by atoms with van der Waals surface area (Å²) >= 11 is 0. The van der Waals surface area contributed by atoms with Crippen LogP contribution in [0.15, 0.2) is 54.6 Å². The van der Waals surface area contributed by atoms with Gasteiger partial charge in [0.2, 0.25) is 18.4 Å². The molecule has 42 heavy (non-hydrogen) atoms. The molecule has 2 heterocycles. The third-order valence-corrected chi connectivity index (χ3v) is 7.85. The largest absolute Gasteiger partial charge is 0.502 e. The number of aromatic hydroxyl groups is 1. The molecule has 4 atom stereocenters. The van der Waals surface area contributed by atoms with E-state index in [-0.39, 0.29) is 36.3 Å². The lowest BCUT2D eigenvalue weighted by molar-refractivity contribution is -0.384. The molecule has 3 aliphatic rings. The summed E-state index contributed by atoms with van der Waals surface area (Å²) in [6.07, 6.45) is 2.78. The third-order valence-electron chi connectivity index (χ3n) is 7.85. The SMILES string of the molecule is COc1cc([C@@H]2c3cc4c(cc3[C@@H](NC(=O)/C=C/c3cccc([N+](=O)[O-])c3)[C@H]3COC(=O)[C@H]23)OCO4)cc(OC)c1O. The van der Waals surface area contributed by atoms with Crippen LogP contribution < -0.4 is 24.3 Å². The minimum atomic E-state index is -0.692. The molecule has 0 radical (unpaired) electrons. The van der Waals surface area contributed by atoms with E-state index in [9.17, 15) is 24.8 Å². The topological polar surface area (TPSA) is 156 Å². The van der Waals surface area contributed by atoms with Crippen LogP contribution in [0.25, 0.3) is 6.08 Å². The number of carbonyl (C=O) groups excluding carboxylic acids is 2. The van der Waals surface area contributed by atoms with E-state index >= 15 is 0 Å². The van der Waals surface area contributed by atoms with Gasteiger partial charge in [-0.25, -0.2) is 0 Å². The fourth-order valence-electron chi connectivity index (χ4n) is 5.96. The number of nitro benzene ring substituents is 1. The van der Waals surface area contributed by atoms with E-state index in [0.717, 1.165) is 0 Å². The van der Waals surface area contributed by atoms with Gasteiger partial charge in [-0.3, -0.25) is 19.7 Å². The van der Waals surface area contributed by atoms with Crippen molar-refractivity contribution < 1.29 is 43.3 Å². The van der Waals surface area contributed by atoms with Gasteiger partial charge in [0.1, 0.15) is 0 Å². The molecule has 12 heteroatoms. The van der Waals surface area contributed by atoms with Crippen LogP contribution in [0.2, 0.25) is 0 Å². The normalized spacial score (nSPS) is 21.8. The summed E-state index contributed by atoms with van der Waals surface area (Å²) in [6.45, 7) is 0.0986. The summed E-state index contributed by atoms with van der Waals surface area (Å²) in [5.41, 5.74) is 2.46. The van der Waals surface area contributed by atoms with Crippen LogP contribution in [0, 0.1) is 22.0 Å². The van der Waals surface area contributed by atoms with Crippen molar-refractivity contribution in [2.75, 3.05) is 27.6 Å². The Labute approximate surface area is 239 Å². The number of phenolic OH excluding ortho intramolecular Hbond substituents is 1. The highest BCUT2D eigenvalue weighted by Gasteiger charge is 2.53. The highest BCUT2D eigenvalue weighted by atomic mass is 16.7. The Kier molecular flexibility index (Phi) is 6.81. The van der Waals surface area contributed by atoms with Gasteiger partial charge in [0.15, 0.2) is 23.0 Å². The molecule has 2 aliphatic heterocycles. The number of non-ortho nitro benzene ring substituents is 1. The number of methoxy groups -OCH3 is 2. The second-order valence-electron chi connectivity index (χ2n) is 10.1. The number of hydrogen-bond donors (Lipinski definition) is 2. The molecule has 3 aromatic carbocycles. The summed E-state index contributed by atoms with van der Waals surface area (Å²) in [7, 11) is 2.84. The Hall–Kier alpha value is -5.26. The smallest absolute Gasteiger partial charge is 0.310 e. The highest BCUT2D eigenvalue weighted by molar-refractivity contribution is 5.92. The Bertz CT molecular complexity index is 1610. The van der Waals surface area contributed by atoms with Crippen LogP contribution in [0.1, 0.15) is 34.2 Å². The first-order valence-electron chi connectivity index (χ1n) is 13.1. The van der Waals surface area contributed by atoms with E-state index in [1.54, 1.807) is 30.3 Å². The number of nitrogens with one attached hydrogen (secondary N) is 1. The Morgan fingerprint density at radius 2 is 1.74 bits per heavy atom. The number of fused-ring (bicyclic) bond motifs is 3. The predicted molar refractivity (Wildman–Crippen MR) is 147 cm³/mol. The number of nitrogens with zero attached hydrogens (tertiary/aromatic N) is 1. The zero-order valence-electron chi connectivity index (χ0n) is 22.6. The number of phenols is 1. The number of amides is 1. The Balaban J connectivity index is 1.42. The van der Waals surface area contributed by atoms with Crippen LogP contribution in [-0.2, 0) is 14.3 Å². The molecule has 1 amide bonds. The van der Waals surface area contributed by atoms with E-state index < -0.39 is 40.6 Å². The molecule has 0 saturated carbocycles. The first-order chi connectivity index (χ1) is 20.3. The minimum absolute atomic E-state index is 0.0294. The maximum Gasteiger partial charge on any atom is 0.310 e. The van der Waals surface area contributed by atoms with Gasteiger partial charge in [0, 0.05) is 30.0 Å².